The van der Waals surface area contributed by atoms with Crippen LogP contribution in [-0.4, -0.2) is 64.6 Å². The summed E-state index contributed by atoms with van der Waals surface area (Å²) in [6.07, 6.45) is 3.77. The number of anilines is 2. The first-order valence-electron chi connectivity index (χ1n) is 12.5. The number of rotatable bonds is 8. The fourth-order valence-electron chi connectivity index (χ4n) is 4.65. The molecule has 0 saturated carbocycles. The van der Waals surface area contributed by atoms with Crippen LogP contribution >= 0.6 is 0 Å². The molecule has 0 aliphatic carbocycles. The third-order valence-corrected chi connectivity index (χ3v) is 7.36. The lowest BCUT2D eigenvalue weighted by Gasteiger charge is -2.31. The number of nitrogens with zero attached hydrogens (tertiary/aromatic N) is 4. The number of amides is 1. The van der Waals surface area contributed by atoms with Crippen molar-refractivity contribution >= 4 is 38.5 Å². The van der Waals surface area contributed by atoms with Crippen molar-refractivity contribution in [3.8, 4) is 22.9 Å². The van der Waals surface area contributed by atoms with Crippen LogP contribution in [0.1, 0.15) is 18.4 Å². The predicted molar refractivity (Wildman–Crippen MR) is 149 cm³/mol. The molecule has 1 fully saturated rings. The summed E-state index contributed by atoms with van der Waals surface area (Å²) in [6, 6.07) is 12.1. The van der Waals surface area contributed by atoms with Gasteiger partial charge in [-0.25, -0.2) is 32.6 Å². The number of carboxylic acid groups (broad SMARTS) is 1. The number of piperidine rings is 1. The number of nitrogens with one attached hydrogen (secondary N) is 2. The van der Waals surface area contributed by atoms with Crippen LogP contribution < -0.4 is 14.8 Å². The first kappa shape index (κ1) is 27.1. The normalized spacial score (nSPS) is 15.6. The van der Waals surface area contributed by atoms with Gasteiger partial charge in [-0.05, 0) is 49.6 Å². The number of halogens is 1. The lowest BCUT2D eigenvalue weighted by Crippen LogP contribution is -2.44. The van der Waals surface area contributed by atoms with Crippen molar-refractivity contribution in [1.82, 2.24) is 19.9 Å². The van der Waals surface area contributed by atoms with Crippen LogP contribution in [-0.2, 0) is 10.0 Å². The van der Waals surface area contributed by atoms with Gasteiger partial charge in [0, 0.05) is 42.3 Å². The minimum Gasteiger partial charge on any atom is -0.465 e. The molecule has 1 saturated heterocycles. The van der Waals surface area contributed by atoms with E-state index in [9.17, 15) is 22.7 Å². The second-order valence-corrected chi connectivity index (χ2v) is 11.0. The van der Waals surface area contributed by atoms with Gasteiger partial charge in [-0.2, -0.15) is 0 Å². The predicted octanol–water partition coefficient (Wildman–Crippen LogP) is 5.02. The molecule has 1 amide bonds. The molecule has 1 aliphatic heterocycles. The molecule has 2 aromatic carbocycles. The van der Waals surface area contributed by atoms with Crippen molar-refractivity contribution in [3.63, 3.8) is 0 Å². The Morgan fingerprint density at radius 2 is 1.98 bits per heavy atom. The fraction of sp³-hybridized carbons (Fsp3) is 0.259. The van der Waals surface area contributed by atoms with Gasteiger partial charge in [-0.1, -0.05) is 24.3 Å². The monoisotopic (exact) mass is 566 g/mol. The minimum atomic E-state index is -4.13. The number of aryl methyl sites for hydroxylation is 1. The molecular formula is C27H27FN6O5S. The van der Waals surface area contributed by atoms with Crippen molar-refractivity contribution in [3.05, 3.63) is 66.5 Å². The van der Waals surface area contributed by atoms with Gasteiger partial charge in [0.05, 0.1) is 16.9 Å². The largest absolute Gasteiger partial charge is 0.465 e. The molecule has 1 unspecified atom stereocenters. The zero-order valence-corrected chi connectivity index (χ0v) is 22.4. The van der Waals surface area contributed by atoms with E-state index in [2.05, 4.69) is 25.0 Å². The SMILES string of the molecule is Cc1ccc2c(NS(=O)(=O)CF)cccc2c1Oc1ncccc1-c1ccnc(NC2CCCN(C(=O)O)C2)n1. The Labute approximate surface area is 230 Å². The second kappa shape index (κ2) is 11.3. The average molecular weight is 567 g/mol. The summed E-state index contributed by atoms with van der Waals surface area (Å²) in [5.74, 6) is 1.09. The Bertz CT molecular complexity index is 1670. The van der Waals surface area contributed by atoms with Crippen molar-refractivity contribution in [2.75, 3.05) is 29.1 Å². The highest BCUT2D eigenvalue weighted by Crippen LogP contribution is 2.38. The summed E-state index contributed by atoms with van der Waals surface area (Å²) in [5, 5.41) is 13.7. The van der Waals surface area contributed by atoms with E-state index >= 15 is 0 Å². The van der Waals surface area contributed by atoms with E-state index in [1.807, 2.05) is 13.0 Å². The maximum Gasteiger partial charge on any atom is 0.407 e. The molecule has 1 aliphatic rings. The summed E-state index contributed by atoms with van der Waals surface area (Å²) in [4.78, 5) is 26.1. The van der Waals surface area contributed by atoms with Gasteiger partial charge >= 0.3 is 6.09 Å². The summed E-state index contributed by atoms with van der Waals surface area (Å²) in [5.41, 5.74) is 2.15. The molecule has 0 radical (unpaired) electrons. The molecule has 2 aromatic heterocycles. The molecule has 13 heteroatoms. The maximum atomic E-state index is 13.0. The van der Waals surface area contributed by atoms with Crippen molar-refractivity contribution in [2.24, 2.45) is 0 Å². The maximum absolute atomic E-state index is 13.0. The number of hydrogen-bond donors (Lipinski definition) is 3. The molecular weight excluding hydrogens is 539 g/mol. The quantitative estimate of drug-likeness (QED) is 0.268. The Kier molecular flexibility index (Phi) is 7.65. The van der Waals surface area contributed by atoms with E-state index in [1.54, 1.807) is 54.9 Å². The summed E-state index contributed by atoms with van der Waals surface area (Å²) < 4.78 is 45.4. The number of sulfonamides is 1. The molecule has 1 atom stereocenters. The lowest BCUT2D eigenvalue weighted by atomic mass is 10.0. The molecule has 11 nitrogen and oxygen atoms in total. The number of likely N-dealkylation sites (tertiary alicyclic amines) is 1. The van der Waals surface area contributed by atoms with Gasteiger partial charge in [-0.15, -0.1) is 0 Å². The third-order valence-electron chi connectivity index (χ3n) is 6.54. The van der Waals surface area contributed by atoms with E-state index in [4.69, 9.17) is 4.74 Å². The number of carbonyl (C=O) groups is 1. The van der Waals surface area contributed by atoms with Crippen LogP contribution in [0.25, 0.3) is 22.0 Å². The Morgan fingerprint density at radius 1 is 1.12 bits per heavy atom. The topological polar surface area (TPSA) is 147 Å². The van der Waals surface area contributed by atoms with Gasteiger partial charge in [0.15, 0.2) is 0 Å². The van der Waals surface area contributed by atoms with Crippen molar-refractivity contribution in [1.29, 1.82) is 0 Å². The fourth-order valence-corrected chi connectivity index (χ4v) is 5.22. The van der Waals surface area contributed by atoms with Crippen molar-refractivity contribution < 1.29 is 27.4 Å². The van der Waals surface area contributed by atoms with Crippen molar-refractivity contribution in [2.45, 2.75) is 25.8 Å². The van der Waals surface area contributed by atoms with Gasteiger partial charge in [0.25, 0.3) is 10.0 Å². The Balaban J connectivity index is 1.46. The van der Waals surface area contributed by atoms with E-state index in [-0.39, 0.29) is 17.6 Å². The zero-order chi connectivity index (χ0) is 28.3. The van der Waals surface area contributed by atoms with Crippen LogP contribution in [0.15, 0.2) is 60.9 Å². The molecule has 3 N–H and O–H groups in total. The van der Waals surface area contributed by atoms with Crippen LogP contribution in [0.5, 0.6) is 11.6 Å². The molecule has 3 heterocycles. The van der Waals surface area contributed by atoms with Crippen LogP contribution in [0.3, 0.4) is 0 Å². The first-order chi connectivity index (χ1) is 19.2. The minimum absolute atomic E-state index is 0.118. The second-order valence-electron chi connectivity index (χ2n) is 9.37. The van der Waals surface area contributed by atoms with E-state index < -0.39 is 22.1 Å². The summed E-state index contributed by atoms with van der Waals surface area (Å²) in [7, 11) is -4.13. The van der Waals surface area contributed by atoms with E-state index in [0.717, 1.165) is 18.4 Å². The molecule has 40 heavy (non-hydrogen) atoms. The average Bonchev–Trinajstić information content (AvgIpc) is 2.95. The molecule has 4 aromatic rings. The molecule has 5 rings (SSSR count). The van der Waals surface area contributed by atoms with Crippen LogP contribution in [0.2, 0.25) is 0 Å². The highest BCUT2D eigenvalue weighted by molar-refractivity contribution is 7.92. The zero-order valence-electron chi connectivity index (χ0n) is 21.5. The highest BCUT2D eigenvalue weighted by atomic mass is 32.2. The number of pyridine rings is 1. The standard InChI is InChI=1S/C27H27FN6O5S/c1-17-9-10-19-20(6-2-8-23(19)33-40(37,38)16-28)24(17)39-25-21(7-3-12-29-25)22-11-13-30-26(32-22)31-18-5-4-14-34(15-18)27(35)36/h2-3,6-13,18,33H,4-5,14-16H2,1H3,(H,35,36)(H,30,31,32). The van der Waals surface area contributed by atoms with Gasteiger partial charge in [0.1, 0.15) is 5.75 Å². The lowest BCUT2D eigenvalue weighted by molar-refractivity contribution is 0.132. The number of alkyl halides is 1. The highest BCUT2D eigenvalue weighted by Gasteiger charge is 2.24. The van der Waals surface area contributed by atoms with Crippen LogP contribution in [0, 0.1) is 6.92 Å². The van der Waals surface area contributed by atoms with E-state index in [1.165, 1.54) is 4.90 Å². The Hall–Kier alpha value is -4.52. The number of benzene rings is 2. The smallest absolute Gasteiger partial charge is 0.407 e. The molecule has 0 spiro atoms. The number of aromatic nitrogens is 3. The number of fused-ring (bicyclic) bond motifs is 1. The third kappa shape index (κ3) is 5.88. The van der Waals surface area contributed by atoms with Crippen LogP contribution in [0.4, 0.5) is 20.8 Å². The molecule has 0 bridgehead atoms. The first-order valence-corrected chi connectivity index (χ1v) is 14.2. The number of ether oxygens (including phenoxy) is 1. The van der Waals surface area contributed by atoms with E-state index in [0.29, 0.717) is 46.8 Å². The summed E-state index contributed by atoms with van der Waals surface area (Å²) in [6.45, 7) is 2.70. The Morgan fingerprint density at radius 3 is 2.77 bits per heavy atom. The summed E-state index contributed by atoms with van der Waals surface area (Å²) >= 11 is 0. The van der Waals surface area contributed by atoms with Gasteiger partial charge in [0.2, 0.25) is 17.8 Å². The van der Waals surface area contributed by atoms with Gasteiger partial charge < -0.3 is 20.1 Å². The van der Waals surface area contributed by atoms with Gasteiger partial charge in [-0.3, -0.25) is 4.72 Å². The number of hydrogen-bond acceptors (Lipinski definition) is 8. The molecule has 208 valence electrons.